The van der Waals surface area contributed by atoms with Crippen LogP contribution in [0.1, 0.15) is 21.7 Å². The molecule has 0 radical (unpaired) electrons. The van der Waals surface area contributed by atoms with E-state index in [0.717, 1.165) is 9.69 Å². The second-order valence-corrected chi connectivity index (χ2v) is 4.73. The second-order valence-electron chi connectivity index (χ2n) is 4.73. The first-order chi connectivity index (χ1) is 9.38. The quantitative estimate of drug-likeness (QED) is 0.757. The van der Waals surface area contributed by atoms with Gasteiger partial charge in [0.15, 0.2) is 5.71 Å². The zero-order valence-electron chi connectivity index (χ0n) is 10.7. The van der Waals surface area contributed by atoms with Crippen LogP contribution in [-0.2, 0) is 19.5 Å². The summed E-state index contributed by atoms with van der Waals surface area (Å²) in [6.45, 7) is 0.598. The summed E-state index contributed by atoms with van der Waals surface area (Å²) in [5.74, 6) is -0.568. The van der Waals surface area contributed by atoms with Crippen molar-refractivity contribution in [2.75, 3.05) is 13.6 Å². The smallest absolute Gasteiger partial charge is 0.312 e. The maximum atomic E-state index is 12.9. The van der Waals surface area contributed by atoms with Gasteiger partial charge in [0.1, 0.15) is 5.69 Å². The summed E-state index contributed by atoms with van der Waals surface area (Å²) in [4.78, 5) is 12.2. The predicted octanol–water partition coefficient (Wildman–Crippen LogP) is 0.533. The minimum absolute atomic E-state index is 0.192. The third-order valence-corrected chi connectivity index (χ3v) is 3.37. The van der Waals surface area contributed by atoms with E-state index in [1.165, 1.54) is 7.05 Å². The summed E-state index contributed by atoms with van der Waals surface area (Å²) >= 11 is 0. The Balaban J connectivity index is 2.12. The molecule has 0 unspecified atom stereocenters. The number of hydrogen-bond acceptors (Lipinski definition) is 4. The normalized spacial score (nSPS) is 19.3. The van der Waals surface area contributed by atoms with Gasteiger partial charge in [0, 0.05) is 32.1 Å². The molecule has 6 nitrogen and oxygen atoms in total. The van der Waals surface area contributed by atoms with Crippen LogP contribution < -0.4 is 5.32 Å². The third kappa shape index (κ3) is 1.98. The van der Waals surface area contributed by atoms with Gasteiger partial charge >= 0.3 is 6.18 Å². The minimum atomic E-state index is -4.58. The SMILES string of the molecule is CN1N=C(C(F)(F)F)Cn2nc3c(c2C1=O)CNCC3. The van der Waals surface area contributed by atoms with Crippen molar-refractivity contribution in [3.63, 3.8) is 0 Å². The Kier molecular flexibility index (Phi) is 2.82. The van der Waals surface area contributed by atoms with E-state index in [1.54, 1.807) is 0 Å². The van der Waals surface area contributed by atoms with Crippen LogP contribution in [0.5, 0.6) is 0 Å². The van der Waals surface area contributed by atoms with E-state index >= 15 is 0 Å². The van der Waals surface area contributed by atoms with Crippen LogP contribution in [0.15, 0.2) is 5.10 Å². The highest BCUT2D eigenvalue weighted by Crippen LogP contribution is 2.26. The molecule has 0 saturated carbocycles. The van der Waals surface area contributed by atoms with Crippen molar-refractivity contribution in [1.29, 1.82) is 0 Å². The average Bonchev–Trinajstić information content (AvgIpc) is 2.67. The van der Waals surface area contributed by atoms with Crippen LogP contribution in [0.3, 0.4) is 0 Å². The van der Waals surface area contributed by atoms with Crippen LogP contribution in [0.25, 0.3) is 0 Å². The molecule has 9 heteroatoms. The number of rotatable bonds is 0. The number of nitrogens with zero attached hydrogens (tertiary/aromatic N) is 4. The lowest BCUT2D eigenvalue weighted by Gasteiger charge is -2.14. The monoisotopic (exact) mass is 287 g/mol. The summed E-state index contributed by atoms with van der Waals surface area (Å²) < 4.78 is 39.8. The molecule has 3 heterocycles. The van der Waals surface area contributed by atoms with Gasteiger partial charge in [-0.1, -0.05) is 0 Å². The van der Waals surface area contributed by atoms with E-state index < -0.39 is 24.3 Å². The molecule has 1 aromatic heterocycles. The molecule has 1 N–H and O–H groups in total. The lowest BCUT2D eigenvalue weighted by molar-refractivity contribution is -0.0619. The van der Waals surface area contributed by atoms with Crippen molar-refractivity contribution in [1.82, 2.24) is 20.1 Å². The van der Waals surface area contributed by atoms with Gasteiger partial charge in [0.2, 0.25) is 0 Å². The molecule has 0 bridgehead atoms. The van der Waals surface area contributed by atoms with Crippen molar-refractivity contribution in [3.8, 4) is 0 Å². The number of aromatic nitrogens is 2. The standard InChI is InChI=1S/C11H12F3N5O/c1-18-10(20)9-6-4-15-3-2-7(6)16-19(9)5-8(17-18)11(12,13)14/h15H,2-5H2,1H3. The molecule has 0 spiro atoms. The molecule has 0 aliphatic carbocycles. The van der Waals surface area contributed by atoms with Gasteiger partial charge < -0.3 is 5.32 Å². The van der Waals surface area contributed by atoms with E-state index in [-0.39, 0.29) is 5.69 Å². The van der Waals surface area contributed by atoms with Crippen LogP contribution in [0, 0.1) is 0 Å². The molecule has 0 fully saturated rings. The molecular formula is C11H12F3N5O. The summed E-state index contributed by atoms with van der Waals surface area (Å²) in [5, 5.41) is 11.3. The summed E-state index contributed by atoms with van der Waals surface area (Å²) in [6.07, 6.45) is -3.98. The first-order valence-electron chi connectivity index (χ1n) is 6.10. The van der Waals surface area contributed by atoms with Gasteiger partial charge in [-0.2, -0.15) is 23.4 Å². The number of nitrogens with one attached hydrogen (secondary N) is 1. The Morgan fingerprint density at radius 3 is 2.80 bits per heavy atom. The van der Waals surface area contributed by atoms with Crippen molar-refractivity contribution >= 4 is 11.6 Å². The van der Waals surface area contributed by atoms with Gasteiger partial charge in [-0.05, 0) is 0 Å². The van der Waals surface area contributed by atoms with Crippen molar-refractivity contribution in [2.45, 2.75) is 25.7 Å². The summed E-state index contributed by atoms with van der Waals surface area (Å²) in [7, 11) is 1.22. The number of carbonyl (C=O) groups excluding carboxylic acids is 1. The van der Waals surface area contributed by atoms with Crippen molar-refractivity contribution in [3.05, 3.63) is 17.0 Å². The number of hydrogen-bond donors (Lipinski definition) is 1. The van der Waals surface area contributed by atoms with Gasteiger partial charge in [-0.15, -0.1) is 0 Å². The molecule has 2 aliphatic heterocycles. The number of amides is 1. The number of fused-ring (bicyclic) bond motifs is 3. The minimum Gasteiger partial charge on any atom is -0.312 e. The maximum Gasteiger partial charge on any atom is 0.433 e. The van der Waals surface area contributed by atoms with Crippen molar-refractivity contribution < 1.29 is 18.0 Å². The molecule has 20 heavy (non-hydrogen) atoms. The molecule has 0 saturated heterocycles. The van der Waals surface area contributed by atoms with Crippen LogP contribution in [0.2, 0.25) is 0 Å². The molecule has 2 aliphatic rings. The van der Waals surface area contributed by atoms with E-state index in [9.17, 15) is 18.0 Å². The van der Waals surface area contributed by atoms with E-state index in [0.29, 0.717) is 30.8 Å². The molecule has 1 aromatic rings. The third-order valence-electron chi connectivity index (χ3n) is 3.37. The van der Waals surface area contributed by atoms with Crippen LogP contribution in [0.4, 0.5) is 13.2 Å². The number of hydrazone groups is 1. The highest BCUT2D eigenvalue weighted by Gasteiger charge is 2.40. The lowest BCUT2D eigenvalue weighted by atomic mass is 10.1. The van der Waals surface area contributed by atoms with Gasteiger partial charge in [-0.3, -0.25) is 9.48 Å². The highest BCUT2D eigenvalue weighted by atomic mass is 19.4. The Labute approximate surface area is 112 Å². The topological polar surface area (TPSA) is 62.5 Å². The predicted molar refractivity (Wildman–Crippen MR) is 63.2 cm³/mol. The first-order valence-corrected chi connectivity index (χ1v) is 6.10. The van der Waals surface area contributed by atoms with Gasteiger partial charge in [-0.25, -0.2) is 5.01 Å². The van der Waals surface area contributed by atoms with Gasteiger partial charge in [0.25, 0.3) is 5.91 Å². The Hall–Kier alpha value is -1.90. The van der Waals surface area contributed by atoms with E-state index in [4.69, 9.17) is 0 Å². The molecule has 3 rings (SSSR count). The fourth-order valence-corrected chi connectivity index (χ4v) is 2.41. The highest BCUT2D eigenvalue weighted by molar-refractivity contribution is 5.99. The Bertz CT molecular complexity index is 604. The first kappa shape index (κ1) is 13.1. The van der Waals surface area contributed by atoms with Crippen molar-refractivity contribution in [2.24, 2.45) is 5.10 Å². The van der Waals surface area contributed by atoms with E-state index in [2.05, 4.69) is 15.5 Å². The number of alkyl halides is 3. The lowest BCUT2D eigenvalue weighted by Crippen LogP contribution is -2.29. The molecule has 1 amide bonds. The summed E-state index contributed by atoms with van der Waals surface area (Å²) in [5.41, 5.74) is 0.522. The molecule has 0 atom stereocenters. The molecule has 0 aromatic carbocycles. The Morgan fingerprint density at radius 2 is 2.10 bits per heavy atom. The molecule has 108 valence electrons. The Morgan fingerprint density at radius 1 is 1.35 bits per heavy atom. The fraction of sp³-hybridized carbons (Fsp3) is 0.545. The average molecular weight is 287 g/mol. The fourth-order valence-electron chi connectivity index (χ4n) is 2.41. The second kappa shape index (κ2) is 4.30. The van der Waals surface area contributed by atoms with Crippen LogP contribution >= 0.6 is 0 Å². The molecular weight excluding hydrogens is 275 g/mol. The summed E-state index contributed by atoms with van der Waals surface area (Å²) in [6, 6.07) is 0. The van der Waals surface area contributed by atoms with Crippen LogP contribution in [-0.4, -0.2) is 46.2 Å². The number of carbonyl (C=O) groups is 1. The zero-order chi connectivity index (χ0) is 14.5. The zero-order valence-corrected chi connectivity index (χ0v) is 10.7. The largest absolute Gasteiger partial charge is 0.433 e. The van der Waals surface area contributed by atoms with E-state index in [1.807, 2.05) is 0 Å². The van der Waals surface area contributed by atoms with Gasteiger partial charge in [0.05, 0.1) is 12.2 Å². The maximum absolute atomic E-state index is 12.9. The number of halogens is 3.